The molecule has 0 radical (unpaired) electrons. The molecule has 3 nitrogen and oxygen atoms in total. The number of ketones is 1. The van der Waals surface area contributed by atoms with Crippen molar-refractivity contribution in [1.29, 1.82) is 0 Å². The number of benzene rings is 1. The van der Waals surface area contributed by atoms with Crippen LogP contribution in [-0.4, -0.2) is 42.5 Å². The van der Waals surface area contributed by atoms with Crippen molar-refractivity contribution in [2.24, 2.45) is 0 Å². The number of aryl methyl sites for hydroxylation is 1. The van der Waals surface area contributed by atoms with E-state index in [1.54, 1.807) is 0 Å². The van der Waals surface area contributed by atoms with Crippen molar-refractivity contribution < 1.29 is 9.90 Å². The van der Waals surface area contributed by atoms with Gasteiger partial charge in [0.25, 0.3) is 0 Å². The average Bonchev–Trinajstić information content (AvgIpc) is 2.27. The molecule has 0 aromatic heterocycles. The Morgan fingerprint density at radius 2 is 2.00 bits per heavy atom. The predicted molar refractivity (Wildman–Crippen MR) is 64.7 cm³/mol. The number of nitrogens with zero attached hydrogens (tertiary/aromatic N) is 1. The molecule has 0 saturated heterocycles. The van der Waals surface area contributed by atoms with Crippen molar-refractivity contribution in [1.82, 2.24) is 4.90 Å². The van der Waals surface area contributed by atoms with Gasteiger partial charge in [-0.3, -0.25) is 4.79 Å². The first-order chi connectivity index (χ1) is 7.65. The van der Waals surface area contributed by atoms with Crippen molar-refractivity contribution >= 4 is 5.78 Å². The molecule has 0 atom stereocenters. The molecule has 16 heavy (non-hydrogen) atoms. The van der Waals surface area contributed by atoms with Crippen LogP contribution < -0.4 is 0 Å². The summed E-state index contributed by atoms with van der Waals surface area (Å²) in [5.74, 6) is 0.169. The fourth-order valence-electron chi connectivity index (χ4n) is 1.60. The zero-order valence-electron chi connectivity index (χ0n) is 9.94. The van der Waals surface area contributed by atoms with E-state index >= 15 is 0 Å². The number of carbonyl (C=O) groups is 1. The molecule has 0 spiro atoms. The molecule has 0 fully saturated rings. The minimum Gasteiger partial charge on any atom is -0.395 e. The van der Waals surface area contributed by atoms with Crippen LogP contribution in [0.3, 0.4) is 0 Å². The van der Waals surface area contributed by atoms with E-state index in [1.807, 2.05) is 43.1 Å². The highest BCUT2D eigenvalue weighted by atomic mass is 16.3. The van der Waals surface area contributed by atoms with E-state index in [0.29, 0.717) is 19.5 Å². The SMILES string of the molecule is Cc1ccccc1C(=O)CCN(C)CCO. The Balaban J connectivity index is 2.50. The molecule has 1 rings (SSSR count). The molecule has 0 bridgehead atoms. The number of aliphatic hydroxyl groups excluding tert-OH is 1. The molecule has 1 N–H and O–H groups in total. The van der Waals surface area contributed by atoms with Crippen LogP contribution in [0.2, 0.25) is 0 Å². The monoisotopic (exact) mass is 221 g/mol. The summed E-state index contributed by atoms with van der Waals surface area (Å²) in [6.07, 6.45) is 0.501. The minimum absolute atomic E-state index is 0.134. The summed E-state index contributed by atoms with van der Waals surface area (Å²) < 4.78 is 0. The Kier molecular flexibility index (Phi) is 5.15. The molecule has 88 valence electrons. The second-order valence-corrected chi connectivity index (χ2v) is 4.01. The molecular weight excluding hydrogens is 202 g/mol. The number of hydrogen-bond acceptors (Lipinski definition) is 3. The van der Waals surface area contributed by atoms with Gasteiger partial charge in [0.2, 0.25) is 0 Å². The summed E-state index contributed by atoms with van der Waals surface area (Å²) in [5.41, 5.74) is 1.83. The van der Waals surface area contributed by atoms with E-state index in [-0.39, 0.29) is 12.4 Å². The lowest BCUT2D eigenvalue weighted by atomic mass is 10.0. The van der Waals surface area contributed by atoms with Gasteiger partial charge in [-0.05, 0) is 19.5 Å². The first-order valence-electron chi connectivity index (χ1n) is 5.53. The van der Waals surface area contributed by atoms with Crippen LogP contribution in [0.5, 0.6) is 0 Å². The maximum Gasteiger partial charge on any atom is 0.164 e. The van der Waals surface area contributed by atoms with Crippen LogP contribution in [0.15, 0.2) is 24.3 Å². The normalized spacial score (nSPS) is 10.8. The maximum atomic E-state index is 11.9. The molecule has 3 heteroatoms. The van der Waals surface area contributed by atoms with Crippen molar-refractivity contribution in [2.75, 3.05) is 26.7 Å². The summed E-state index contributed by atoms with van der Waals surface area (Å²) in [6.45, 7) is 3.38. The van der Waals surface area contributed by atoms with Crippen molar-refractivity contribution in [3.8, 4) is 0 Å². The van der Waals surface area contributed by atoms with E-state index < -0.39 is 0 Å². The molecule has 0 saturated carbocycles. The van der Waals surface area contributed by atoms with Gasteiger partial charge in [-0.1, -0.05) is 24.3 Å². The average molecular weight is 221 g/mol. The Labute approximate surface area is 96.7 Å². The van der Waals surface area contributed by atoms with Gasteiger partial charge < -0.3 is 10.0 Å². The smallest absolute Gasteiger partial charge is 0.164 e. The number of carbonyl (C=O) groups excluding carboxylic acids is 1. The highest BCUT2D eigenvalue weighted by Gasteiger charge is 2.09. The maximum absolute atomic E-state index is 11.9. The molecule has 0 heterocycles. The van der Waals surface area contributed by atoms with Crippen LogP contribution in [-0.2, 0) is 0 Å². The van der Waals surface area contributed by atoms with Crippen LogP contribution in [0, 0.1) is 6.92 Å². The molecule has 0 aliphatic rings. The zero-order chi connectivity index (χ0) is 12.0. The van der Waals surface area contributed by atoms with Gasteiger partial charge in [-0.25, -0.2) is 0 Å². The number of aliphatic hydroxyl groups is 1. The number of rotatable bonds is 6. The summed E-state index contributed by atoms with van der Waals surface area (Å²) in [7, 11) is 1.90. The second-order valence-electron chi connectivity index (χ2n) is 4.01. The lowest BCUT2D eigenvalue weighted by Crippen LogP contribution is -2.25. The lowest BCUT2D eigenvalue weighted by molar-refractivity contribution is 0.0964. The number of hydrogen-bond donors (Lipinski definition) is 1. The Morgan fingerprint density at radius 3 is 2.62 bits per heavy atom. The number of Topliss-reactive ketones (excluding diaryl/α,β-unsaturated/α-hetero) is 1. The summed E-state index contributed by atoms with van der Waals surface area (Å²) >= 11 is 0. The van der Waals surface area contributed by atoms with E-state index in [4.69, 9.17) is 5.11 Å². The van der Waals surface area contributed by atoms with Gasteiger partial charge in [0.05, 0.1) is 6.61 Å². The van der Waals surface area contributed by atoms with Gasteiger partial charge >= 0.3 is 0 Å². The van der Waals surface area contributed by atoms with Gasteiger partial charge in [0.1, 0.15) is 0 Å². The van der Waals surface area contributed by atoms with E-state index in [1.165, 1.54) is 0 Å². The van der Waals surface area contributed by atoms with Crippen LogP contribution in [0.1, 0.15) is 22.3 Å². The highest BCUT2D eigenvalue weighted by Crippen LogP contribution is 2.09. The van der Waals surface area contributed by atoms with Gasteiger partial charge in [-0.15, -0.1) is 0 Å². The molecule has 0 amide bonds. The Morgan fingerprint density at radius 1 is 1.31 bits per heavy atom. The predicted octanol–water partition coefficient (Wildman–Crippen LogP) is 1.49. The third-order valence-electron chi connectivity index (χ3n) is 2.65. The molecule has 1 aromatic rings. The Hall–Kier alpha value is -1.19. The molecule has 1 aromatic carbocycles. The first kappa shape index (κ1) is 12.9. The molecule has 0 aliphatic carbocycles. The Bertz CT molecular complexity index is 350. The first-order valence-corrected chi connectivity index (χ1v) is 5.53. The third-order valence-corrected chi connectivity index (χ3v) is 2.65. The van der Waals surface area contributed by atoms with Crippen LogP contribution in [0.25, 0.3) is 0 Å². The largest absolute Gasteiger partial charge is 0.395 e. The minimum atomic E-state index is 0.134. The second kappa shape index (κ2) is 6.40. The van der Waals surface area contributed by atoms with E-state index in [2.05, 4.69) is 0 Å². The third kappa shape index (κ3) is 3.76. The molecular formula is C13H19NO2. The van der Waals surface area contributed by atoms with Crippen molar-refractivity contribution in [3.63, 3.8) is 0 Å². The molecule has 0 aliphatic heterocycles. The van der Waals surface area contributed by atoms with Crippen molar-refractivity contribution in [2.45, 2.75) is 13.3 Å². The fourth-order valence-corrected chi connectivity index (χ4v) is 1.60. The standard InChI is InChI=1S/C13H19NO2/c1-11-5-3-4-6-12(11)13(16)7-8-14(2)9-10-15/h3-6,15H,7-10H2,1-2H3. The van der Waals surface area contributed by atoms with Crippen LogP contribution >= 0.6 is 0 Å². The van der Waals surface area contributed by atoms with E-state index in [9.17, 15) is 4.79 Å². The fraction of sp³-hybridized carbons (Fsp3) is 0.462. The molecule has 0 unspecified atom stereocenters. The van der Waals surface area contributed by atoms with Crippen LogP contribution in [0.4, 0.5) is 0 Å². The highest BCUT2D eigenvalue weighted by molar-refractivity contribution is 5.97. The summed E-state index contributed by atoms with van der Waals surface area (Å²) in [6, 6.07) is 7.63. The van der Waals surface area contributed by atoms with Gasteiger partial charge in [0.15, 0.2) is 5.78 Å². The van der Waals surface area contributed by atoms with Crippen molar-refractivity contribution in [3.05, 3.63) is 35.4 Å². The zero-order valence-corrected chi connectivity index (χ0v) is 9.94. The number of likely N-dealkylation sites (N-methyl/N-ethyl adjacent to an activating group) is 1. The van der Waals surface area contributed by atoms with Gasteiger partial charge in [-0.2, -0.15) is 0 Å². The topological polar surface area (TPSA) is 40.5 Å². The lowest BCUT2D eigenvalue weighted by Gasteiger charge is -2.14. The van der Waals surface area contributed by atoms with E-state index in [0.717, 1.165) is 11.1 Å². The summed E-state index contributed by atoms with van der Waals surface area (Å²) in [4.78, 5) is 13.8. The summed E-state index contributed by atoms with van der Waals surface area (Å²) in [5, 5.41) is 8.74. The quantitative estimate of drug-likeness (QED) is 0.740. The van der Waals surface area contributed by atoms with Gasteiger partial charge in [0, 0.05) is 25.1 Å².